The van der Waals surface area contributed by atoms with E-state index in [1.54, 1.807) is 20.8 Å². The van der Waals surface area contributed by atoms with Gasteiger partial charge in [0.2, 0.25) is 0 Å². The Morgan fingerprint density at radius 1 is 0.800 bits per heavy atom. The number of imidazole rings is 1. The highest BCUT2D eigenvalue weighted by Crippen LogP contribution is 2.41. The van der Waals surface area contributed by atoms with Crippen LogP contribution in [0.4, 0.5) is 14.6 Å². The van der Waals surface area contributed by atoms with Crippen LogP contribution < -0.4 is 9.64 Å². The zero-order valence-corrected chi connectivity index (χ0v) is 40.0. The summed E-state index contributed by atoms with van der Waals surface area (Å²) in [6.45, 7) is 15.4. The number of methoxy groups -OCH3 is 1. The van der Waals surface area contributed by atoms with E-state index < -0.39 is 17.2 Å². The van der Waals surface area contributed by atoms with Gasteiger partial charge < -0.3 is 33.7 Å². The molecule has 1 fully saturated rings. The van der Waals surface area contributed by atoms with Crippen molar-refractivity contribution in [3.8, 4) is 28.1 Å². The summed E-state index contributed by atoms with van der Waals surface area (Å²) in [7, 11) is 1.40. The van der Waals surface area contributed by atoms with Crippen LogP contribution in [0.25, 0.3) is 28.0 Å². The van der Waals surface area contributed by atoms with E-state index in [0.717, 1.165) is 63.8 Å². The number of carbonyl (C=O) groups is 1. The lowest BCUT2D eigenvalue weighted by Gasteiger charge is -2.41. The van der Waals surface area contributed by atoms with E-state index in [-0.39, 0.29) is 30.3 Å². The molecule has 6 aromatic rings. The molecule has 0 unspecified atom stereocenters. The van der Waals surface area contributed by atoms with Crippen LogP contribution >= 0.6 is 15.9 Å². The van der Waals surface area contributed by atoms with Crippen LogP contribution in [0.2, 0.25) is 0 Å². The van der Waals surface area contributed by atoms with Gasteiger partial charge in [0.1, 0.15) is 34.1 Å². The van der Waals surface area contributed by atoms with E-state index in [9.17, 15) is 13.6 Å². The highest BCUT2D eigenvalue weighted by atomic mass is 79.9. The average molecular weight is 957 g/mol. The number of carbonyl (C=O) groups excluding carboxylic acids is 1. The molecule has 7 rings (SSSR count). The first-order valence-corrected chi connectivity index (χ1v) is 22.7. The number of pyridine rings is 1. The molecule has 1 aliphatic rings. The number of aromatic nitrogens is 2. The number of hydrogen-bond donors (Lipinski definition) is 1. The van der Waals surface area contributed by atoms with Crippen molar-refractivity contribution in [3.05, 3.63) is 141 Å². The van der Waals surface area contributed by atoms with Crippen molar-refractivity contribution < 1.29 is 42.4 Å². The maximum absolute atomic E-state index is 14.8. The molecule has 1 aliphatic heterocycles. The number of hydrogen-bond acceptors (Lipinski definition) is 9. The van der Waals surface area contributed by atoms with Crippen molar-refractivity contribution in [2.75, 3.05) is 51.5 Å². The smallest absolute Gasteiger partial charge is 0.310 e. The predicted octanol–water partition coefficient (Wildman–Crippen LogP) is 11.0. The minimum atomic E-state index is -0.989. The lowest BCUT2D eigenvalue weighted by atomic mass is 9.92. The SMILES string of the molecule is CC(C)(C)O.COC(=O)Cc1c(C)c(C)c2nc(-c3cccc(-c4cc(F)c(F)cc4OCc4ccccc4)c3)c(Br)n2c1N1CCC(C)(OCCOCCOCc2ccccc2)CC1. The summed E-state index contributed by atoms with van der Waals surface area (Å²) in [6.07, 6.45) is 1.59. The average Bonchev–Trinajstić information content (AvgIpc) is 3.63. The molecule has 0 amide bonds. The maximum atomic E-state index is 14.8. The van der Waals surface area contributed by atoms with E-state index >= 15 is 0 Å². The fraction of sp³-hybridized carbons (Fsp3) is 0.385. The minimum absolute atomic E-state index is 0.0858. The van der Waals surface area contributed by atoms with Gasteiger partial charge in [-0.1, -0.05) is 78.9 Å². The standard InChI is InChI=1S/C48H50BrF2N3O6.C4H10O/c1-32-33(2)46-52-44(37-17-11-16-36(26-37)39-27-40(50)41(51)29-42(39)59-31-35-14-9-6-10-15-35)45(49)54(46)47(38(32)28-43(55)56-4)53-20-18-48(3,19-21-53)60-25-24-57-22-23-58-30-34-12-7-5-8-13-34;1-4(2,3)5/h5-17,26-27,29H,18-25,28,30-31H2,1-4H3;5H,1-3H3. The number of anilines is 1. The Hall–Kier alpha value is -5.18. The van der Waals surface area contributed by atoms with E-state index in [0.29, 0.717) is 67.5 Å². The predicted molar refractivity (Wildman–Crippen MR) is 254 cm³/mol. The fourth-order valence-corrected chi connectivity index (χ4v) is 8.25. The molecule has 65 heavy (non-hydrogen) atoms. The molecule has 10 nitrogen and oxygen atoms in total. The van der Waals surface area contributed by atoms with Gasteiger partial charge in [-0.3, -0.25) is 9.20 Å². The number of fused-ring (bicyclic) bond motifs is 1. The van der Waals surface area contributed by atoms with Gasteiger partial charge in [0.25, 0.3) is 0 Å². The van der Waals surface area contributed by atoms with Gasteiger partial charge in [-0.25, -0.2) is 13.8 Å². The van der Waals surface area contributed by atoms with Crippen molar-refractivity contribution in [1.29, 1.82) is 0 Å². The molecule has 1 saturated heterocycles. The highest BCUT2D eigenvalue weighted by Gasteiger charge is 2.34. The zero-order valence-electron chi connectivity index (χ0n) is 38.4. The number of esters is 1. The Kier molecular flexibility index (Phi) is 16.9. The molecule has 4 aromatic carbocycles. The molecular formula is C52H60BrF2N3O7. The molecule has 0 bridgehead atoms. The van der Waals surface area contributed by atoms with Gasteiger partial charge in [-0.05, 0) is 110 Å². The van der Waals surface area contributed by atoms with Crippen LogP contribution in [-0.4, -0.2) is 78.3 Å². The maximum Gasteiger partial charge on any atom is 0.310 e. The lowest BCUT2D eigenvalue weighted by molar-refractivity contribution is -0.139. The number of nitrogens with zero attached hydrogens (tertiary/aromatic N) is 3. The molecule has 0 atom stereocenters. The van der Waals surface area contributed by atoms with Crippen molar-refractivity contribution in [3.63, 3.8) is 0 Å². The van der Waals surface area contributed by atoms with Gasteiger partial charge in [-0.15, -0.1) is 0 Å². The largest absolute Gasteiger partial charge is 0.488 e. The zero-order chi connectivity index (χ0) is 46.7. The number of rotatable bonds is 17. The second-order valence-electron chi connectivity index (χ2n) is 17.4. The molecule has 0 saturated carbocycles. The Balaban J connectivity index is 0.00000133. The first kappa shape index (κ1) is 49.3. The molecule has 0 spiro atoms. The van der Waals surface area contributed by atoms with Crippen LogP contribution in [0.3, 0.4) is 0 Å². The third kappa shape index (κ3) is 13.2. The Morgan fingerprint density at radius 2 is 1.38 bits per heavy atom. The Bertz CT molecular complexity index is 2510. The van der Waals surface area contributed by atoms with Crippen LogP contribution in [-0.2, 0) is 43.4 Å². The van der Waals surface area contributed by atoms with Gasteiger partial charge >= 0.3 is 5.97 Å². The van der Waals surface area contributed by atoms with Crippen LogP contribution in [0.1, 0.15) is 68.4 Å². The van der Waals surface area contributed by atoms with Crippen LogP contribution in [0.15, 0.2) is 102 Å². The first-order chi connectivity index (χ1) is 31.0. The van der Waals surface area contributed by atoms with E-state index in [1.807, 2.05) is 98.8 Å². The van der Waals surface area contributed by atoms with Gasteiger partial charge in [-0.2, -0.15) is 0 Å². The Morgan fingerprint density at radius 3 is 2.03 bits per heavy atom. The number of ether oxygens (including phenoxy) is 5. The molecule has 2 aromatic heterocycles. The molecule has 0 aliphatic carbocycles. The Labute approximate surface area is 389 Å². The first-order valence-electron chi connectivity index (χ1n) is 21.9. The third-order valence-electron chi connectivity index (χ3n) is 11.2. The molecule has 3 heterocycles. The topological polar surface area (TPSA) is 104 Å². The third-order valence-corrected chi connectivity index (χ3v) is 11.9. The van der Waals surface area contributed by atoms with E-state index in [1.165, 1.54) is 13.2 Å². The summed E-state index contributed by atoms with van der Waals surface area (Å²) in [6, 6.07) is 29.4. The number of aryl methyl sites for hydroxylation is 1. The van der Waals surface area contributed by atoms with Crippen molar-refractivity contribution in [2.45, 2.75) is 85.2 Å². The quantitative estimate of drug-likeness (QED) is 0.0707. The lowest BCUT2D eigenvalue weighted by Crippen LogP contribution is -2.45. The summed E-state index contributed by atoms with van der Waals surface area (Å²) in [5, 5.41) is 8.52. The molecule has 1 N–H and O–H groups in total. The van der Waals surface area contributed by atoms with E-state index in [4.69, 9.17) is 33.8 Å². The van der Waals surface area contributed by atoms with Gasteiger partial charge in [0.05, 0.1) is 57.8 Å². The van der Waals surface area contributed by atoms with E-state index in [2.05, 4.69) is 32.2 Å². The second-order valence-corrected chi connectivity index (χ2v) is 18.2. The normalized spacial score (nSPS) is 13.7. The summed E-state index contributed by atoms with van der Waals surface area (Å²) < 4.78 is 61.4. The molecule has 0 radical (unpaired) electrons. The van der Waals surface area contributed by atoms with Gasteiger partial charge in [0.15, 0.2) is 11.6 Å². The summed E-state index contributed by atoms with van der Waals surface area (Å²) >= 11 is 3.92. The monoisotopic (exact) mass is 955 g/mol. The number of benzene rings is 4. The second kappa shape index (κ2) is 22.3. The number of aliphatic hydroxyl groups is 1. The summed E-state index contributed by atoms with van der Waals surface area (Å²) in [5.41, 5.74) is 7.11. The van der Waals surface area contributed by atoms with Crippen LogP contribution in [0, 0.1) is 25.5 Å². The fourth-order valence-electron chi connectivity index (χ4n) is 7.60. The minimum Gasteiger partial charge on any atom is -0.488 e. The van der Waals surface area contributed by atoms with Crippen molar-refractivity contribution in [1.82, 2.24) is 9.38 Å². The number of halogens is 3. The van der Waals surface area contributed by atoms with Crippen LogP contribution in [0.5, 0.6) is 5.75 Å². The molecule has 13 heteroatoms. The highest BCUT2D eigenvalue weighted by molar-refractivity contribution is 9.10. The van der Waals surface area contributed by atoms with Crippen molar-refractivity contribution in [2.24, 2.45) is 0 Å². The summed E-state index contributed by atoms with van der Waals surface area (Å²) in [4.78, 5) is 20.4. The van der Waals surface area contributed by atoms with Crippen molar-refractivity contribution >= 4 is 33.4 Å². The number of piperidine rings is 1. The summed E-state index contributed by atoms with van der Waals surface area (Å²) in [5.74, 6) is -1.21. The van der Waals surface area contributed by atoms with Gasteiger partial charge in [0, 0.05) is 35.8 Å². The molecule has 346 valence electrons. The molecular weight excluding hydrogens is 896 g/mol.